The van der Waals surface area contributed by atoms with Crippen molar-refractivity contribution in [2.24, 2.45) is 0 Å². The average Bonchev–Trinajstić information content (AvgIpc) is 3.54. The molecule has 5 rings (SSSR count). The van der Waals surface area contributed by atoms with Gasteiger partial charge in [-0.05, 0) is 45.1 Å². The molecule has 4 aromatic rings. The van der Waals surface area contributed by atoms with Crippen molar-refractivity contribution in [1.29, 1.82) is 0 Å². The van der Waals surface area contributed by atoms with Gasteiger partial charge in [-0.3, -0.25) is 14.0 Å². The minimum atomic E-state index is -0.489. The Morgan fingerprint density at radius 3 is 2.72 bits per heavy atom. The molecule has 1 fully saturated rings. The molecule has 1 aromatic carbocycles. The third-order valence-electron chi connectivity index (χ3n) is 6.56. The number of rotatable bonds is 7. The molecule has 2 amide bonds. The van der Waals surface area contributed by atoms with Gasteiger partial charge < -0.3 is 20.9 Å². The van der Waals surface area contributed by atoms with Crippen LogP contribution in [0.25, 0.3) is 16.8 Å². The van der Waals surface area contributed by atoms with Gasteiger partial charge in [0.1, 0.15) is 34.5 Å². The number of likely N-dealkylation sites (N-methyl/N-ethyl adjacent to an activating group) is 1. The lowest BCUT2D eigenvalue weighted by Gasteiger charge is -2.22. The summed E-state index contributed by atoms with van der Waals surface area (Å²) in [6.45, 7) is 1.32. The first kappa shape index (κ1) is 26.0. The summed E-state index contributed by atoms with van der Waals surface area (Å²) in [4.78, 5) is 42.7. The van der Waals surface area contributed by atoms with Crippen LogP contribution in [0.5, 0.6) is 0 Å². The Morgan fingerprint density at radius 2 is 1.97 bits per heavy atom. The number of hydrogen-bond acceptors (Lipinski definition) is 7. The quantitative estimate of drug-likeness (QED) is 0.352. The number of anilines is 2. The number of likely N-dealkylation sites (tertiary alicyclic amines) is 1. The van der Waals surface area contributed by atoms with Crippen LogP contribution in [-0.2, 0) is 4.79 Å². The number of nitrogens with zero attached hydrogens (tertiary/aromatic N) is 6. The van der Waals surface area contributed by atoms with Crippen LogP contribution in [0, 0.1) is 5.82 Å². The van der Waals surface area contributed by atoms with Crippen molar-refractivity contribution < 1.29 is 14.0 Å². The highest BCUT2D eigenvalue weighted by Gasteiger charge is 2.33. The lowest BCUT2D eigenvalue weighted by Crippen LogP contribution is -2.30. The Kier molecular flexibility index (Phi) is 7.33. The van der Waals surface area contributed by atoms with Crippen LogP contribution in [0.2, 0.25) is 0 Å². The molecule has 3 N–H and O–H groups in total. The number of benzene rings is 1. The number of nitrogens with two attached hydrogens (primary N) is 1. The first-order valence-electron chi connectivity index (χ1n) is 12.6. The SMILES string of the molecule is CN(C)C/C=C/C(=O)N1CCCC1c1nc(-c2ccc(C(=O)Nc3cc(F)ccn3)cc2)c2c(N)nccn12. The van der Waals surface area contributed by atoms with E-state index in [0.717, 1.165) is 24.5 Å². The Hall–Kier alpha value is -4.64. The number of halogens is 1. The summed E-state index contributed by atoms with van der Waals surface area (Å²) in [6, 6.07) is 8.99. The third kappa shape index (κ3) is 5.48. The maximum atomic E-state index is 13.4. The van der Waals surface area contributed by atoms with E-state index in [1.165, 1.54) is 12.3 Å². The second-order valence-electron chi connectivity index (χ2n) is 9.59. The fraction of sp³-hybridized carbons (Fsp3) is 0.250. The zero-order chi connectivity index (χ0) is 27.5. The molecule has 10 nitrogen and oxygen atoms in total. The standard InChI is InChI=1S/C28H29FN8O2/c1-35(2)14-4-6-23(38)36-15-3-5-21(36)27-34-24(25-26(30)32-13-16-37(25)27)18-7-9-19(10-8-18)28(39)33-22-17-20(29)11-12-31-22/h4,6-13,16-17,21H,3,5,14-15H2,1-2H3,(H2,30,32)(H,31,33,39)/b6-4+. The van der Waals surface area contributed by atoms with Crippen LogP contribution in [0.3, 0.4) is 0 Å². The third-order valence-corrected chi connectivity index (χ3v) is 6.56. The molecule has 1 aliphatic rings. The summed E-state index contributed by atoms with van der Waals surface area (Å²) in [6.07, 6.45) is 9.82. The summed E-state index contributed by atoms with van der Waals surface area (Å²) >= 11 is 0. The molecule has 0 aliphatic carbocycles. The van der Waals surface area contributed by atoms with Crippen molar-refractivity contribution in [3.8, 4) is 11.3 Å². The highest BCUT2D eigenvalue weighted by Crippen LogP contribution is 2.36. The summed E-state index contributed by atoms with van der Waals surface area (Å²) < 4.78 is 15.3. The number of aromatic nitrogens is 4. The number of pyridine rings is 1. The molecule has 3 aromatic heterocycles. The van der Waals surface area contributed by atoms with Gasteiger partial charge in [0.25, 0.3) is 5.91 Å². The monoisotopic (exact) mass is 528 g/mol. The van der Waals surface area contributed by atoms with Gasteiger partial charge in [-0.15, -0.1) is 0 Å². The lowest BCUT2D eigenvalue weighted by atomic mass is 10.1. The Morgan fingerprint density at radius 1 is 1.18 bits per heavy atom. The Bertz CT molecular complexity index is 1550. The average molecular weight is 529 g/mol. The number of carbonyl (C=O) groups excluding carboxylic acids is 2. The predicted octanol–water partition coefficient (Wildman–Crippen LogP) is 3.55. The maximum absolute atomic E-state index is 13.4. The highest BCUT2D eigenvalue weighted by atomic mass is 19.1. The summed E-state index contributed by atoms with van der Waals surface area (Å²) in [5.74, 6) is 0.185. The molecular weight excluding hydrogens is 499 g/mol. The van der Waals surface area contributed by atoms with E-state index in [9.17, 15) is 14.0 Å². The van der Waals surface area contributed by atoms with Gasteiger partial charge in [0.2, 0.25) is 5.91 Å². The molecule has 0 radical (unpaired) electrons. The molecule has 1 aliphatic heterocycles. The Labute approximate surface area is 225 Å². The molecule has 1 saturated heterocycles. The number of amides is 2. The van der Waals surface area contributed by atoms with Gasteiger partial charge in [0.15, 0.2) is 0 Å². The van der Waals surface area contributed by atoms with Gasteiger partial charge >= 0.3 is 0 Å². The van der Waals surface area contributed by atoms with E-state index in [2.05, 4.69) is 15.3 Å². The van der Waals surface area contributed by atoms with Crippen LogP contribution in [-0.4, -0.2) is 68.2 Å². The van der Waals surface area contributed by atoms with Crippen molar-refractivity contribution in [1.82, 2.24) is 29.2 Å². The summed E-state index contributed by atoms with van der Waals surface area (Å²) in [5.41, 5.74) is 8.65. The second kappa shape index (κ2) is 11.0. The zero-order valence-corrected chi connectivity index (χ0v) is 21.7. The van der Waals surface area contributed by atoms with Crippen molar-refractivity contribution in [2.75, 3.05) is 38.2 Å². The van der Waals surface area contributed by atoms with Crippen molar-refractivity contribution in [2.45, 2.75) is 18.9 Å². The molecule has 1 atom stereocenters. The van der Waals surface area contributed by atoms with E-state index >= 15 is 0 Å². The number of fused-ring (bicyclic) bond motifs is 1. The predicted molar refractivity (Wildman–Crippen MR) is 146 cm³/mol. The molecule has 0 saturated carbocycles. The van der Waals surface area contributed by atoms with Crippen LogP contribution in [0.1, 0.15) is 35.1 Å². The molecule has 4 heterocycles. The van der Waals surface area contributed by atoms with E-state index in [4.69, 9.17) is 10.7 Å². The fourth-order valence-electron chi connectivity index (χ4n) is 4.72. The van der Waals surface area contributed by atoms with Crippen molar-refractivity contribution in [3.05, 3.63) is 84.3 Å². The topological polar surface area (TPSA) is 122 Å². The molecular formula is C28H29FN8O2. The number of nitrogens with one attached hydrogen (secondary N) is 1. The lowest BCUT2D eigenvalue weighted by molar-refractivity contribution is -0.127. The van der Waals surface area contributed by atoms with E-state index in [1.54, 1.807) is 42.7 Å². The normalized spacial score (nSPS) is 15.5. The minimum absolute atomic E-state index is 0.0529. The Balaban J connectivity index is 1.45. The molecule has 0 bridgehead atoms. The molecule has 1 unspecified atom stereocenters. The number of nitrogen functional groups attached to an aromatic ring is 1. The van der Waals surface area contributed by atoms with E-state index in [1.807, 2.05) is 34.4 Å². The molecule has 0 spiro atoms. The molecule has 11 heteroatoms. The van der Waals surface area contributed by atoms with E-state index in [-0.39, 0.29) is 17.8 Å². The van der Waals surface area contributed by atoms with Crippen LogP contribution < -0.4 is 11.1 Å². The van der Waals surface area contributed by atoms with E-state index in [0.29, 0.717) is 41.5 Å². The van der Waals surface area contributed by atoms with Crippen molar-refractivity contribution in [3.63, 3.8) is 0 Å². The van der Waals surface area contributed by atoms with Crippen LogP contribution >= 0.6 is 0 Å². The van der Waals surface area contributed by atoms with Crippen molar-refractivity contribution >= 4 is 29.0 Å². The van der Waals surface area contributed by atoms with Gasteiger partial charge in [-0.2, -0.15) is 0 Å². The second-order valence-corrected chi connectivity index (χ2v) is 9.59. The first-order chi connectivity index (χ1) is 18.8. The van der Waals surface area contributed by atoms with Gasteiger partial charge in [0.05, 0.1) is 6.04 Å². The summed E-state index contributed by atoms with van der Waals surface area (Å²) in [7, 11) is 3.90. The molecule has 200 valence electrons. The largest absolute Gasteiger partial charge is 0.382 e. The van der Waals surface area contributed by atoms with Crippen LogP contribution in [0.4, 0.5) is 16.0 Å². The zero-order valence-electron chi connectivity index (χ0n) is 21.7. The van der Waals surface area contributed by atoms with Gasteiger partial charge in [0, 0.05) is 54.9 Å². The fourth-order valence-corrected chi connectivity index (χ4v) is 4.72. The summed E-state index contributed by atoms with van der Waals surface area (Å²) in [5, 5.41) is 2.59. The van der Waals surface area contributed by atoms with Gasteiger partial charge in [-0.25, -0.2) is 19.3 Å². The van der Waals surface area contributed by atoms with E-state index < -0.39 is 11.7 Å². The van der Waals surface area contributed by atoms with Crippen LogP contribution in [0.15, 0.2) is 67.1 Å². The highest BCUT2D eigenvalue weighted by molar-refractivity contribution is 6.04. The number of carbonyl (C=O) groups is 2. The number of imidazole rings is 1. The minimum Gasteiger partial charge on any atom is -0.382 e. The number of hydrogen-bond donors (Lipinski definition) is 2. The molecule has 39 heavy (non-hydrogen) atoms. The van der Waals surface area contributed by atoms with Gasteiger partial charge in [-0.1, -0.05) is 18.2 Å². The smallest absolute Gasteiger partial charge is 0.256 e. The first-order valence-corrected chi connectivity index (χ1v) is 12.6. The maximum Gasteiger partial charge on any atom is 0.256 e.